The summed E-state index contributed by atoms with van der Waals surface area (Å²) < 4.78 is 28.1. The molecular weight excluding hydrogens is 444 g/mol. The van der Waals surface area contributed by atoms with E-state index in [2.05, 4.69) is 5.32 Å². The summed E-state index contributed by atoms with van der Waals surface area (Å²) in [6.45, 7) is 1.64. The summed E-state index contributed by atoms with van der Waals surface area (Å²) >= 11 is 0. The highest BCUT2D eigenvalue weighted by Crippen LogP contribution is 2.26. The Morgan fingerprint density at radius 1 is 0.765 bits per heavy atom. The largest absolute Gasteiger partial charge is 0.344 e. The van der Waals surface area contributed by atoms with Gasteiger partial charge in [0.1, 0.15) is 6.54 Å². The van der Waals surface area contributed by atoms with E-state index < -0.39 is 22.0 Å². The summed E-state index contributed by atoms with van der Waals surface area (Å²) in [5.41, 5.74) is 3.34. The molecule has 0 heterocycles. The van der Waals surface area contributed by atoms with E-state index >= 15 is 0 Å². The molecule has 0 saturated carbocycles. The van der Waals surface area contributed by atoms with Crippen LogP contribution in [0.1, 0.15) is 22.7 Å². The minimum absolute atomic E-state index is 0.130. The molecule has 0 bridgehead atoms. The Labute approximate surface area is 200 Å². The summed E-state index contributed by atoms with van der Waals surface area (Å²) in [5.74, 6) is -0.402. The van der Waals surface area contributed by atoms with Crippen molar-refractivity contribution in [3.8, 4) is 0 Å². The van der Waals surface area contributed by atoms with Crippen LogP contribution in [0.15, 0.2) is 120 Å². The van der Waals surface area contributed by atoms with Gasteiger partial charge in [0.25, 0.3) is 10.0 Å². The van der Waals surface area contributed by atoms with Crippen LogP contribution in [0.2, 0.25) is 0 Å². The number of nitrogens with zero attached hydrogens (tertiary/aromatic N) is 1. The second kappa shape index (κ2) is 10.4. The third-order valence-electron chi connectivity index (χ3n) is 5.60. The van der Waals surface area contributed by atoms with E-state index in [-0.39, 0.29) is 11.4 Å². The lowest BCUT2D eigenvalue weighted by Gasteiger charge is -2.26. The van der Waals surface area contributed by atoms with Crippen molar-refractivity contribution in [2.45, 2.75) is 17.9 Å². The van der Waals surface area contributed by atoms with Gasteiger partial charge in [-0.05, 0) is 47.9 Å². The second-order valence-corrected chi connectivity index (χ2v) is 9.79. The first kappa shape index (κ1) is 23.3. The van der Waals surface area contributed by atoms with Crippen LogP contribution >= 0.6 is 0 Å². The standard InChI is InChI=1S/C28H26N2O3S/c1-22-13-11-12-20-26(22)28(23-14-5-2-6-15-23)29-27(31)21-30(24-16-7-3-8-17-24)34(32,33)25-18-9-4-10-19-25/h2-20,28H,21H2,1H3,(H,29,31)/t28-/m1/s1. The molecule has 172 valence electrons. The third kappa shape index (κ3) is 5.18. The number of carbonyl (C=O) groups excluding carboxylic acids is 1. The van der Waals surface area contributed by atoms with Gasteiger partial charge in [0.05, 0.1) is 16.6 Å². The molecule has 0 aliphatic rings. The van der Waals surface area contributed by atoms with E-state index in [0.29, 0.717) is 5.69 Å². The molecule has 0 radical (unpaired) electrons. The van der Waals surface area contributed by atoms with Crippen molar-refractivity contribution in [1.29, 1.82) is 0 Å². The molecular formula is C28H26N2O3S. The normalized spacial score (nSPS) is 12.0. The summed E-state index contributed by atoms with van der Waals surface area (Å²) in [7, 11) is -3.95. The molecule has 0 unspecified atom stereocenters. The van der Waals surface area contributed by atoms with Gasteiger partial charge in [-0.3, -0.25) is 9.10 Å². The maximum absolute atomic E-state index is 13.5. The van der Waals surface area contributed by atoms with Gasteiger partial charge >= 0.3 is 0 Å². The summed E-state index contributed by atoms with van der Waals surface area (Å²) in [5, 5.41) is 3.07. The van der Waals surface area contributed by atoms with Crippen LogP contribution in [0.4, 0.5) is 5.69 Å². The van der Waals surface area contributed by atoms with E-state index in [1.165, 1.54) is 12.1 Å². The highest BCUT2D eigenvalue weighted by molar-refractivity contribution is 7.92. The molecule has 4 rings (SSSR count). The van der Waals surface area contributed by atoms with E-state index in [4.69, 9.17) is 0 Å². The van der Waals surface area contributed by atoms with Crippen molar-refractivity contribution in [1.82, 2.24) is 5.32 Å². The van der Waals surface area contributed by atoms with E-state index in [0.717, 1.165) is 21.0 Å². The second-order valence-electron chi connectivity index (χ2n) is 7.93. The Morgan fingerprint density at radius 2 is 1.29 bits per heavy atom. The lowest BCUT2D eigenvalue weighted by Crippen LogP contribution is -2.42. The molecule has 0 fully saturated rings. The Bertz CT molecular complexity index is 1340. The molecule has 0 aliphatic heterocycles. The van der Waals surface area contributed by atoms with Gasteiger partial charge in [-0.1, -0.05) is 91.0 Å². The number of benzene rings is 4. The summed E-state index contributed by atoms with van der Waals surface area (Å²) in [4.78, 5) is 13.5. The number of hydrogen-bond acceptors (Lipinski definition) is 3. The maximum Gasteiger partial charge on any atom is 0.264 e. The molecule has 0 aliphatic carbocycles. The summed E-state index contributed by atoms with van der Waals surface area (Å²) in [6, 6.07) is 33.9. The van der Waals surface area contributed by atoms with Gasteiger partial charge in [0.15, 0.2) is 0 Å². The van der Waals surface area contributed by atoms with Crippen molar-refractivity contribution in [2.75, 3.05) is 10.8 Å². The van der Waals surface area contributed by atoms with Crippen molar-refractivity contribution in [2.24, 2.45) is 0 Å². The van der Waals surface area contributed by atoms with Crippen LogP contribution in [-0.2, 0) is 14.8 Å². The Balaban J connectivity index is 1.68. The zero-order valence-corrected chi connectivity index (χ0v) is 19.7. The molecule has 4 aromatic carbocycles. The van der Waals surface area contributed by atoms with Crippen LogP contribution in [0.25, 0.3) is 0 Å². The predicted molar refractivity (Wildman–Crippen MR) is 135 cm³/mol. The molecule has 0 aromatic heterocycles. The van der Waals surface area contributed by atoms with Crippen molar-refractivity contribution < 1.29 is 13.2 Å². The molecule has 1 N–H and O–H groups in total. The first-order valence-corrected chi connectivity index (χ1v) is 12.4. The van der Waals surface area contributed by atoms with Crippen LogP contribution in [0.5, 0.6) is 0 Å². The van der Waals surface area contributed by atoms with Crippen molar-refractivity contribution in [3.05, 3.63) is 132 Å². The number of hydrogen-bond donors (Lipinski definition) is 1. The average molecular weight is 471 g/mol. The smallest absolute Gasteiger partial charge is 0.264 e. The van der Waals surface area contributed by atoms with Gasteiger partial charge in [0, 0.05) is 0 Å². The quantitative estimate of drug-likeness (QED) is 0.390. The first-order valence-electron chi connectivity index (χ1n) is 11.0. The van der Waals surface area contributed by atoms with Crippen molar-refractivity contribution in [3.63, 3.8) is 0 Å². The van der Waals surface area contributed by atoms with Gasteiger partial charge in [-0.25, -0.2) is 8.42 Å². The highest BCUT2D eigenvalue weighted by atomic mass is 32.2. The lowest BCUT2D eigenvalue weighted by molar-refractivity contribution is -0.120. The van der Waals surface area contributed by atoms with Crippen LogP contribution in [0, 0.1) is 6.92 Å². The Morgan fingerprint density at radius 3 is 1.91 bits per heavy atom. The number of nitrogens with one attached hydrogen (secondary N) is 1. The molecule has 0 spiro atoms. The predicted octanol–water partition coefficient (Wildman–Crippen LogP) is 5.10. The molecule has 34 heavy (non-hydrogen) atoms. The molecule has 4 aromatic rings. The number of sulfonamides is 1. The number of para-hydroxylation sites is 1. The van der Waals surface area contributed by atoms with Crippen LogP contribution < -0.4 is 9.62 Å². The van der Waals surface area contributed by atoms with Gasteiger partial charge < -0.3 is 5.32 Å². The van der Waals surface area contributed by atoms with E-state index in [1.54, 1.807) is 48.5 Å². The topological polar surface area (TPSA) is 66.5 Å². The Kier molecular flexibility index (Phi) is 7.09. The lowest BCUT2D eigenvalue weighted by atomic mass is 9.95. The number of amides is 1. The van der Waals surface area contributed by atoms with E-state index in [9.17, 15) is 13.2 Å². The summed E-state index contributed by atoms with van der Waals surface area (Å²) in [6.07, 6.45) is 0. The fourth-order valence-corrected chi connectivity index (χ4v) is 5.30. The van der Waals surface area contributed by atoms with Crippen molar-refractivity contribution >= 4 is 21.6 Å². The average Bonchev–Trinajstić information content (AvgIpc) is 2.88. The Hall–Kier alpha value is -3.90. The van der Waals surface area contributed by atoms with Gasteiger partial charge in [0.2, 0.25) is 5.91 Å². The maximum atomic E-state index is 13.5. The number of rotatable bonds is 8. The minimum Gasteiger partial charge on any atom is -0.344 e. The van der Waals surface area contributed by atoms with E-state index in [1.807, 2.05) is 61.5 Å². The highest BCUT2D eigenvalue weighted by Gasteiger charge is 2.28. The van der Waals surface area contributed by atoms with Gasteiger partial charge in [-0.2, -0.15) is 0 Å². The zero-order valence-electron chi connectivity index (χ0n) is 18.8. The monoisotopic (exact) mass is 470 g/mol. The fourth-order valence-electron chi connectivity index (χ4n) is 3.86. The molecule has 1 atom stereocenters. The SMILES string of the molecule is Cc1ccccc1[C@H](NC(=O)CN(c1ccccc1)S(=O)(=O)c1ccccc1)c1ccccc1. The minimum atomic E-state index is -3.95. The molecule has 5 nitrogen and oxygen atoms in total. The van der Waals surface area contributed by atoms with Crippen LogP contribution in [0.3, 0.4) is 0 Å². The zero-order chi connectivity index (χ0) is 24.0. The number of carbonyl (C=O) groups is 1. The fraction of sp³-hybridized carbons (Fsp3) is 0.107. The molecule has 6 heteroatoms. The van der Waals surface area contributed by atoms with Crippen LogP contribution in [-0.4, -0.2) is 20.9 Å². The number of anilines is 1. The first-order chi connectivity index (χ1) is 16.5. The third-order valence-corrected chi connectivity index (χ3v) is 7.39. The molecule has 0 saturated heterocycles. The van der Waals surface area contributed by atoms with Gasteiger partial charge in [-0.15, -0.1) is 0 Å². The number of aryl methyl sites for hydroxylation is 1. The molecule has 1 amide bonds.